The number of nitrogens with zero attached hydrogens (tertiary/aromatic N) is 4. The van der Waals surface area contributed by atoms with Crippen molar-refractivity contribution in [1.29, 1.82) is 0 Å². The van der Waals surface area contributed by atoms with Crippen molar-refractivity contribution in [3.8, 4) is 0 Å². The van der Waals surface area contributed by atoms with Crippen molar-refractivity contribution in [3.05, 3.63) is 45.0 Å². The third kappa shape index (κ3) is 3.67. The largest absolute Gasteiger partial charge is 0.383 e. The van der Waals surface area contributed by atoms with Crippen molar-refractivity contribution in [3.63, 3.8) is 0 Å². The van der Waals surface area contributed by atoms with Gasteiger partial charge in [0, 0.05) is 25.4 Å². The second kappa shape index (κ2) is 8.26. The maximum Gasteiger partial charge on any atom is 0.234 e. The highest BCUT2D eigenvalue weighted by Crippen LogP contribution is 2.42. The highest BCUT2D eigenvalue weighted by Gasteiger charge is 2.43. The van der Waals surface area contributed by atoms with E-state index in [1.807, 2.05) is 24.0 Å². The van der Waals surface area contributed by atoms with Crippen molar-refractivity contribution in [2.24, 2.45) is 10.9 Å². The molecule has 0 spiro atoms. The third-order valence-electron chi connectivity index (χ3n) is 5.59. The van der Waals surface area contributed by atoms with Crippen molar-refractivity contribution in [1.82, 2.24) is 14.7 Å². The first-order valence-corrected chi connectivity index (χ1v) is 10.6. The fraction of sp³-hybridized carbons (Fsp3) is 0.450. The number of ether oxygens (including phenoxy) is 1. The minimum absolute atomic E-state index is 0.0101. The lowest BCUT2D eigenvalue weighted by Crippen LogP contribution is -2.47. The maximum absolute atomic E-state index is 13.7. The molecule has 154 valence electrons. The number of halogens is 3. The van der Waals surface area contributed by atoms with E-state index in [1.54, 1.807) is 23.9 Å². The number of likely N-dealkylation sites (tertiary alicyclic amines) is 1. The monoisotopic (exact) mass is 454 g/mol. The second-order valence-corrected chi connectivity index (χ2v) is 8.54. The lowest BCUT2D eigenvalue weighted by Gasteiger charge is -2.35. The van der Waals surface area contributed by atoms with E-state index in [2.05, 4.69) is 10.1 Å². The summed E-state index contributed by atoms with van der Waals surface area (Å²) >= 11 is 19.0. The Morgan fingerprint density at radius 1 is 1.31 bits per heavy atom. The van der Waals surface area contributed by atoms with Gasteiger partial charge < -0.3 is 9.64 Å². The van der Waals surface area contributed by atoms with Crippen LogP contribution in [0.2, 0.25) is 15.2 Å². The van der Waals surface area contributed by atoms with Crippen molar-refractivity contribution >= 4 is 52.2 Å². The summed E-state index contributed by atoms with van der Waals surface area (Å²) in [5.74, 6) is 0.0171. The molecule has 0 bridgehead atoms. The Hall–Kier alpha value is -1.60. The molecule has 0 radical (unpaired) electrons. The highest BCUT2D eigenvalue weighted by molar-refractivity contribution is 6.42. The van der Waals surface area contributed by atoms with Crippen molar-refractivity contribution in [2.75, 3.05) is 20.3 Å². The van der Waals surface area contributed by atoms with Crippen LogP contribution in [-0.2, 0) is 9.53 Å². The maximum atomic E-state index is 13.7. The third-order valence-corrected chi connectivity index (χ3v) is 6.61. The van der Waals surface area contributed by atoms with E-state index in [0.717, 1.165) is 18.4 Å². The molecule has 0 N–H and O–H groups in total. The molecule has 1 fully saturated rings. The van der Waals surface area contributed by atoms with Gasteiger partial charge in [0.1, 0.15) is 5.92 Å². The topological polar surface area (TPSA) is 59.7 Å². The fourth-order valence-electron chi connectivity index (χ4n) is 4.31. The SMILES string of the molecule is COC[C@@H]1CCCN1C(=O)C1C(C)=Nc2cc(Cl)nn2C1c1cccc(Cl)c1Cl. The zero-order chi connectivity index (χ0) is 20.7. The zero-order valence-electron chi connectivity index (χ0n) is 16.1. The van der Waals surface area contributed by atoms with Gasteiger partial charge >= 0.3 is 0 Å². The van der Waals surface area contributed by atoms with E-state index in [9.17, 15) is 4.79 Å². The predicted molar refractivity (Wildman–Crippen MR) is 115 cm³/mol. The molecular weight excluding hydrogens is 435 g/mol. The van der Waals surface area contributed by atoms with Gasteiger partial charge in [-0.2, -0.15) is 5.10 Å². The smallest absolute Gasteiger partial charge is 0.234 e. The first-order chi connectivity index (χ1) is 13.9. The molecule has 29 heavy (non-hydrogen) atoms. The van der Waals surface area contributed by atoms with E-state index in [-0.39, 0.29) is 11.9 Å². The summed E-state index contributed by atoms with van der Waals surface area (Å²) in [7, 11) is 1.65. The molecule has 0 aliphatic carbocycles. The Morgan fingerprint density at radius 2 is 2.10 bits per heavy atom. The van der Waals surface area contributed by atoms with Gasteiger partial charge in [0.25, 0.3) is 0 Å². The Kier molecular flexibility index (Phi) is 5.89. The molecule has 9 heteroatoms. The van der Waals surface area contributed by atoms with Crippen LogP contribution in [0.1, 0.15) is 31.4 Å². The zero-order valence-corrected chi connectivity index (χ0v) is 18.4. The Bertz CT molecular complexity index is 975. The van der Waals surface area contributed by atoms with E-state index in [4.69, 9.17) is 39.5 Å². The minimum atomic E-state index is -0.563. The quantitative estimate of drug-likeness (QED) is 0.666. The van der Waals surface area contributed by atoms with Gasteiger partial charge in [-0.1, -0.05) is 46.9 Å². The number of carbonyl (C=O) groups excluding carboxylic acids is 1. The van der Waals surface area contributed by atoms with Crippen LogP contribution in [0.4, 0.5) is 5.82 Å². The average molecular weight is 456 g/mol. The summed E-state index contributed by atoms with van der Waals surface area (Å²) < 4.78 is 7.01. The molecule has 2 aromatic rings. The number of hydrogen-bond donors (Lipinski definition) is 0. The molecule has 2 aliphatic rings. The lowest BCUT2D eigenvalue weighted by molar-refractivity contribution is -0.136. The van der Waals surface area contributed by atoms with Gasteiger partial charge in [0.2, 0.25) is 5.91 Å². The van der Waals surface area contributed by atoms with Crippen LogP contribution >= 0.6 is 34.8 Å². The normalized spacial score (nSPS) is 23.8. The standard InChI is InChI=1S/C20H21Cl3N4O2/c1-11-17(20(28)26-8-4-5-12(26)10-29-2)19(13-6-3-7-14(21)18(13)23)27-16(24-11)9-15(22)25-27/h3,6-7,9,12,17,19H,4-5,8,10H2,1-2H3/t12-,17?,19?/m0/s1. The average Bonchev–Trinajstić information content (AvgIpc) is 3.28. The van der Waals surface area contributed by atoms with Crippen LogP contribution in [0.25, 0.3) is 0 Å². The van der Waals surface area contributed by atoms with E-state index < -0.39 is 12.0 Å². The minimum Gasteiger partial charge on any atom is -0.383 e. The van der Waals surface area contributed by atoms with Crippen molar-refractivity contribution < 1.29 is 9.53 Å². The van der Waals surface area contributed by atoms with Gasteiger partial charge in [-0.05, 0) is 31.4 Å². The van der Waals surface area contributed by atoms with Gasteiger partial charge in [-0.15, -0.1) is 0 Å². The number of fused-ring (bicyclic) bond motifs is 1. The highest BCUT2D eigenvalue weighted by atomic mass is 35.5. The lowest BCUT2D eigenvalue weighted by atomic mass is 9.86. The summed E-state index contributed by atoms with van der Waals surface area (Å²) in [6.45, 7) is 3.06. The summed E-state index contributed by atoms with van der Waals surface area (Å²) in [6.07, 6.45) is 1.87. The molecule has 1 amide bonds. The number of benzene rings is 1. The Labute approximate surface area is 184 Å². The molecule has 3 atom stereocenters. The second-order valence-electron chi connectivity index (χ2n) is 7.37. The van der Waals surface area contributed by atoms with Crippen molar-refractivity contribution in [2.45, 2.75) is 31.8 Å². The number of aromatic nitrogens is 2. The van der Waals surface area contributed by atoms with Crippen LogP contribution in [0.5, 0.6) is 0 Å². The molecule has 6 nitrogen and oxygen atoms in total. The van der Waals surface area contributed by atoms with Crippen LogP contribution in [-0.4, -0.2) is 52.6 Å². The number of methoxy groups -OCH3 is 1. The van der Waals surface area contributed by atoms with E-state index in [1.165, 1.54) is 0 Å². The first-order valence-electron chi connectivity index (χ1n) is 9.46. The molecule has 0 saturated carbocycles. The Balaban J connectivity index is 1.82. The fourth-order valence-corrected chi connectivity index (χ4v) is 4.91. The summed E-state index contributed by atoms with van der Waals surface area (Å²) in [4.78, 5) is 20.2. The number of hydrogen-bond acceptors (Lipinski definition) is 4. The van der Waals surface area contributed by atoms with Crippen LogP contribution in [0.3, 0.4) is 0 Å². The predicted octanol–water partition coefficient (Wildman–Crippen LogP) is 4.79. The Morgan fingerprint density at radius 3 is 2.86 bits per heavy atom. The van der Waals surface area contributed by atoms with E-state index >= 15 is 0 Å². The molecule has 2 aliphatic heterocycles. The van der Waals surface area contributed by atoms with Crippen LogP contribution < -0.4 is 0 Å². The first kappa shape index (κ1) is 20.7. The van der Waals surface area contributed by atoms with Gasteiger partial charge in [-0.3, -0.25) is 4.79 Å². The van der Waals surface area contributed by atoms with Gasteiger partial charge in [-0.25, -0.2) is 9.67 Å². The summed E-state index contributed by atoms with van der Waals surface area (Å²) in [5.41, 5.74) is 1.42. The number of aliphatic imine (C=N–C) groups is 1. The van der Waals surface area contributed by atoms with E-state index in [0.29, 0.717) is 39.9 Å². The number of rotatable bonds is 4. The molecule has 1 aromatic carbocycles. The number of carbonyl (C=O) groups is 1. The van der Waals surface area contributed by atoms with Gasteiger partial charge in [0.05, 0.1) is 28.7 Å². The summed E-state index contributed by atoms with van der Waals surface area (Å²) in [5, 5.41) is 5.54. The summed E-state index contributed by atoms with van der Waals surface area (Å²) in [6, 6.07) is 6.66. The molecule has 1 saturated heterocycles. The molecule has 3 heterocycles. The van der Waals surface area contributed by atoms with Crippen LogP contribution in [0, 0.1) is 5.92 Å². The molecular formula is C20H21Cl3N4O2. The van der Waals surface area contributed by atoms with Gasteiger partial charge in [0.15, 0.2) is 11.0 Å². The number of amides is 1. The van der Waals surface area contributed by atoms with Crippen LogP contribution in [0.15, 0.2) is 29.3 Å². The molecule has 2 unspecified atom stereocenters. The molecule has 1 aromatic heterocycles. The molecule has 4 rings (SSSR count).